The first-order chi connectivity index (χ1) is 6.66. The van der Waals surface area contributed by atoms with E-state index in [1.54, 1.807) is 0 Å². The van der Waals surface area contributed by atoms with E-state index in [2.05, 4.69) is 28.7 Å². The van der Waals surface area contributed by atoms with Crippen molar-refractivity contribution in [1.82, 2.24) is 14.7 Å². The average molecular weight is 194 g/mol. The van der Waals surface area contributed by atoms with Crippen molar-refractivity contribution >= 4 is 5.82 Å². The summed E-state index contributed by atoms with van der Waals surface area (Å²) in [4.78, 5) is 2.36. The summed E-state index contributed by atoms with van der Waals surface area (Å²) in [6.07, 6.45) is 2.36. The third kappa shape index (κ3) is 1.75. The number of aryl methyl sites for hydroxylation is 1. The maximum Gasteiger partial charge on any atom is 0.145 e. The van der Waals surface area contributed by atoms with Gasteiger partial charge in [-0.05, 0) is 39.9 Å². The molecule has 0 unspecified atom stereocenters. The number of nitrogens with zero attached hydrogens (tertiary/aromatic N) is 3. The molecule has 1 aromatic heterocycles. The zero-order valence-electron chi connectivity index (χ0n) is 8.90. The monoisotopic (exact) mass is 194 g/mol. The molecule has 14 heavy (non-hydrogen) atoms. The van der Waals surface area contributed by atoms with Crippen LogP contribution in [0.4, 0.5) is 5.82 Å². The minimum atomic E-state index is 0.545. The number of anilines is 1. The summed E-state index contributed by atoms with van der Waals surface area (Å²) in [7, 11) is 2.17. The van der Waals surface area contributed by atoms with Crippen molar-refractivity contribution < 1.29 is 0 Å². The highest BCUT2D eigenvalue weighted by atomic mass is 15.3. The van der Waals surface area contributed by atoms with Crippen LogP contribution in [-0.4, -0.2) is 34.8 Å². The highest BCUT2D eigenvalue weighted by molar-refractivity contribution is 5.29. The van der Waals surface area contributed by atoms with Gasteiger partial charge in [-0.1, -0.05) is 0 Å². The Morgan fingerprint density at radius 2 is 2.07 bits per heavy atom. The van der Waals surface area contributed by atoms with Crippen LogP contribution >= 0.6 is 0 Å². The second-order valence-corrected chi connectivity index (χ2v) is 4.19. The maximum atomic E-state index is 5.67. The minimum absolute atomic E-state index is 0.545. The number of nitrogen functional groups attached to an aromatic ring is 1. The summed E-state index contributed by atoms with van der Waals surface area (Å²) in [5.41, 5.74) is 6.85. The van der Waals surface area contributed by atoms with E-state index in [0.29, 0.717) is 11.9 Å². The molecule has 0 aromatic carbocycles. The number of rotatable bonds is 1. The van der Waals surface area contributed by atoms with E-state index >= 15 is 0 Å². The lowest BCUT2D eigenvalue weighted by atomic mass is 10.1. The van der Waals surface area contributed by atoms with E-state index in [4.69, 9.17) is 5.73 Å². The maximum absolute atomic E-state index is 5.67. The zero-order valence-corrected chi connectivity index (χ0v) is 8.90. The summed E-state index contributed by atoms with van der Waals surface area (Å²) in [5, 5.41) is 4.33. The summed E-state index contributed by atoms with van der Waals surface area (Å²) < 4.78 is 2.09. The van der Waals surface area contributed by atoms with Crippen LogP contribution in [0.2, 0.25) is 0 Å². The average Bonchev–Trinajstić information content (AvgIpc) is 2.47. The highest BCUT2D eigenvalue weighted by Gasteiger charge is 2.20. The van der Waals surface area contributed by atoms with Gasteiger partial charge in [0.25, 0.3) is 0 Å². The smallest absolute Gasteiger partial charge is 0.145 e. The molecule has 0 atom stereocenters. The van der Waals surface area contributed by atoms with Crippen LogP contribution in [-0.2, 0) is 0 Å². The first-order valence-electron chi connectivity index (χ1n) is 5.17. The number of hydrogen-bond acceptors (Lipinski definition) is 3. The van der Waals surface area contributed by atoms with E-state index in [1.165, 1.54) is 18.5 Å². The van der Waals surface area contributed by atoms with Crippen LogP contribution in [0.1, 0.15) is 24.6 Å². The number of hydrogen-bond donors (Lipinski definition) is 1. The van der Waals surface area contributed by atoms with Crippen molar-refractivity contribution in [2.45, 2.75) is 25.8 Å². The molecule has 0 aliphatic carbocycles. The van der Waals surface area contributed by atoms with E-state index in [9.17, 15) is 0 Å². The van der Waals surface area contributed by atoms with E-state index in [0.717, 1.165) is 13.1 Å². The molecule has 2 rings (SSSR count). The Bertz CT molecular complexity index is 310. The lowest BCUT2D eigenvalue weighted by Crippen LogP contribution is -2.32. The zero-order chi connectivity index (χ0) is 10.1. The third-order valence-corrected chi connectivity index (χ3v) is 2.98. The van der Waals surface area contributed by atoms with Crippen LogP contribution in [0.25, 0.3) is 0 Å². The Labute approximate surface area is 84.7 Å². The van der Waals surface area contributed by atoms with Crippen LogP contribution in [0.3, 0.4) is 0 Å². The molecule has 2 N–H and O–H groups in total. The highest BCUT2D eigenvalue weighted by Crippen LogP contribution is 2.23. The molecule has 2 heterocycles. The van der Waals surface area contributed by atoms with Gasteiger partial charge >= 0.3 is 0 Å². The molecule has 4 nitrogen and oxygen atoms in total. The SMILES string of the molecule is Cc1cc(N)nn1C1CCN(C)CC1. The van der Waals surface area contributed by atoms with Crippen molar-refractivity contribution in [3.63, 3.8) is 0 Å². The van der Waals surface area contributed by atoms with Crippen LogP contribution in [0, 0.1) is 6.92 Å². The first kappa shape index (κ1) is 9.52. The Kier molecular flexibility index (Phi) is 2.46. The van der Waals surface area contributed by atoms with Gasteiger partial charge in [0.1, 0.15) is 5.82 Å². The van der Waals surface area contributed by atoms with Gasteiger partial charge < -0.3 is 10.6 Å². The van der Waals surface area contributed by atoms with Gasteiger partial charge in [-0.25, -0.2) is 0 Å². The van der Waals surface area contributed by atoms with Gasteiger partial charge in [0.15, 0.2) is 0 Å². The Morgan fingerprint density at radius 1 is 1.43 bits per heavy atom. The molecule has 4 heteroatoms. The van der Waals surface area contributed by atoms with E-state index < -0.39 is 0 Å². The van der Waals surface area contributed by atoms with Gasteiger partial charge in [-0.2, -0.15) is 5.10 Å². The normalized spacial score (nSPS) is 20.1. The molecular formula is C10H18N4. The molecule has 0 radical (unpaired) electrons. The molecule has 0 amide bonds. The fraction of sp³-hybridized carbons (Fsp3) is 0.700. The van der Waals surface area contributed by atoms with E-state index in [-0.39, 0.29) is 0 Å². The molecule has 1 aromatic rings. The number of aromatic nitrogens is 2. The number of nitrogens with two attached hydrogens (primary N) is 1. The van der Waals surface area contributed by atoms with Crippen molar-refractivity contribution in [1.29, 1.82) is 0 Å². The molecule has 78 valence electrons. The molecular weight excluding hydrogens is 176 g/mol. The van der Waals surface area contributed by atoms with Gasteiger partial charge in [-0.15, -0.1) is 0 Å². The van der Waals surface area contributed by atoms with Crippen LogP contribution < -0.4 is 5.73 Å². The van der Waals surface area contributed by atoms with Crippen molar-refractivity contribution in [3.05, 3.63) is 11.8 Å². The lowest BCUT2D eigenvalue weighted by Gasteiger charge is -2.29. The molecule has 1 saturated heterocycles. The molecule has 1 fully saturated rings. The molecule has 0 saturated carbocycles. The Morgan fingerprint density at radius 3 is 2.57 bits per heavy atom. The lowest BCUT2D eigenvalue weighted by molar-refractivity contribution is 0.211. The fourth-order valence-electron chi connectivity index (χ4n) is 2.12. The fourth-order valence-corrected chi connectivity index (χ4v) is 2.12. The topological polar surface area (TPSA) is 47.1 Å². The van der Waals surface area contributed by atoms with Gasteiger partial charge in [0.2, 0.25) is 0 Å². The molecule has 1 aliphatic rings. The van der Waals surface area contributed by atoms with Gasteiger partial charge in [0.05, 0.1) is 6.04 Å². The van der Waals surface area contributed by atoms with Crippen molar-refractivity contribution in [2.24, 2.45) is 0 Å². The van der Waals surface area contributed by atoms with E-state index in [1.807, 2.05) is 6.07 Å². The van der Waals surface area contributed by atoms with Crippen LogP contribution in [0.15, 0.2) is 6.07 Å². The molecule has 0 spiro atoms. The minimum Gasteiger partial charge on any atom is -0.382 e. The summed E-state index contributed by atoms with van der Waals surface area (Å²) in [6, 6.07) is 2.49. The largest absolute Gasteiger partial charge is 0.382 e. The number of likely N-dealkylation sites (tertiary alicyclic amines) is 1. The second kappa shape index (κ2) is 3.61. The Hall–Kier alpha value is -1.03. The second-order valence-electron chi connectivity index (χ2n) is 4.19. The summed E-state index contributed by atoms with van der Waals surface area (Å²) in [5.74, 6) is 0.640. The van der Waals surface area contributed by atoms with Crippen molar-refractivity contribution in [2.75, 3.05) is 25.9 Å². The third-order valence-electron chi connectivity index (χ3n) is 2.98. The first-order valence-corrected chi connectivity index (χ1v) is 5.17. The Balaban J connectivity index is 2.11. The molecule has 0 bridgehead atoms. The summed E-state index contributed by atoms with van der Waals surface area (Å²) in [6.45, 7) is 4.38. The standard InChI is InChI=1S/C10H18N4/c1-8-7-10(11)12-14(8)9-3-5-13(2)6-4-9/h7,9H,3-6H2,1-2H3,(H2,11,12). The molecule has 1 aliphatic heterocycles. The quantitative estimate of drug-likeness (QED) is 0.726. The summed E-state index contributed by atoms with van der Waals surface area (Å²) >= 11 is 0. The van der Waals surface area contributed by atoms with Gasteiger partial charge in [0, 0.05) is 11.8 Å². The predicted molar refractivity (Wildman–Crippen MR) is 57.1 cm³/mol. The van der Waals surface area contributed by atoms with Crippen molar-refractivity contribution in [3.8, 4) is 0 Å². The van der Waals surface area contributed by atoms with Gasteiger partial charge in [-0.3, -0.25) is 4.68 Å². The number of piperidine rings is 1. The van der Waals surface area contributed by atoms with Crippen LogP contribution in [0.5, 0.6) is 0 Å². The predicted octanol–water partition coefficient (Wildman–Crippen LogP) is 1.04.